The number of esters is 1. The molecule has 1 aromatic rings. The van der Waals surface area contributed by atoms with Gasteiger partial charge in [0.15, 0.2) is 5.75 Å². The summed E-state index contributed by atoms with van der Waals surface area (Å²) < 4.78 is 32.6. The first kappa shape index (κ1) is 12.6. The molecule has 0 radical (unpaired) electrons. The number of thiol groups is 1. The second kappa shape index (κ2) is 5.02. The molecule has 0 heterocycles. The normalized spacial score (nSPS) is 10.3. The SMILES string of the molecule is COC(=O)c1cc(S)c(N)c(OC(F)F)c1. The molecular formula is C9H9F2NO3S. The molecule has 7 heteroatoms. The van der Waals surface area contributed by atoms with Crippen LogP contribution in [0.2, 0.25) is 0 Å². The number of carbonyl (C=O) groups excluding carboxylic acids is 1. The predicted octanol–water partition coefficient (Wildman–Crippen LogP) is 1.95. The van der Waals surface area contributed by atoms with Crippen LogP contribution in [0.5, 0.6) is 5.75 Å². The molecule has 0 saturated heterocycles. The van der Waals surface area contributed by atoms with Gasteiger partial charge in [0.25, 0.3) is 0 Å². The molecule has 0 aliphatic heterocycles. The third-order valence-electron chi connectivity index (χ3n) is 1.76. The summed E-state index contributed by atoms with van der Waals surface area (Å²) >= 11 is 3.94. The van der Waals surface area contributed by atoms with Crippen LogP contribution in [-0.4, -0.2) is 19.7 Å². The van der Waals surface area contributed by atoms with E-state index in [0.717, 1.165) is 6.07 Å². The number of methoxy groups -OCH3 is 1. The van der Waals surface area contributed by atoms with Crippen LogP contribution in [0.1, 0.15) is 10.4 Å². The van der Waals surface area contributed by atoms with Crippen LogP contribution < -0.4 is 10.5 Å². The van der Waals surface area contributed by atoms with Crippen LogP contribution in [0.3, 0.4) is 0 Å². The number of anilines is 1. The number of halogens is 2. The van der Waals surface area contributed by atoms with Gasteiger partial charge in [0, 0.05) is 4.90 Å². The van der Waals surface area contributed by atoms with E-state index in [1.54, 1.807) is 0 Å². The van der Waals surface area contributed by atoms with Crippen LogP contribution in [0.25, 0.3) is 0 Å². The topological polar surface area (TPSA) is 61.5 Å². The highest BCUT2D eigenvalue weighted by molar-refractivity contribution is 7.80. The summed E-state index contributed by atoms with van der Waals surface area (Å²) in [6.45, 7) is -3.03. The minimum absolute atomic E-state index is 0.0392. The van der Waals surface area contributed by atoms with Crippen LogP contribution in [-0.2, 0) is 4.74 Å². The standard InChI is InChI=1S/C9H9F2NO3S/c1-14-8(13)4-2-5(15-9(10)11)7(12)6(16)3-4/h2-3,9,16H,12H2,1H3. The maximum atomic E-state index is 12.0. The number of hydrogen-bond donors (Lipinski definition) is 2. The molecule has 16 heavy (non-hydrogen) atoms. The second-order valence-corrected chi connectivity index (χ2v) is 3.26. The Morgan fingerprint density at radius 2 is 2.12 bits per heavy atom. The molecule has 0 spiro atoms. The van der Waals surface area contributed by atoms with Crippen LogP contribution >= 0.6 is 12.6 Å². The number of ether oxygens (including phenoxy) is 2. The van der Waals surface area contributed by atoms with E-state index in [9.17, 15) is 13.6 Å². The van der Waals surface area contributed by atoms with Crippen LogP contribution in [0, 0.1) is 0 Å². The zero-order valence-electron chi connectivity index (χ0n) is 8.24. The first-order valence-corrected chi connectivity index (χ1v) is 4.56. The van der Waals surface area contributed by atoms with Gasteiger partial charge >= 0.3 is 12.6 Å². The third kappa shape index (κ3) is 2.75. The Balaban J connectivity index is 3.16. The molecule has 1 aromatic carbocycles. The zero-order chi connectivity index (χ0) is 12.3. The Morgan fingerprint density at radius 3 is 2.62 bits per heavy atom. The lowest BCUT2D eigenvalue weighted by molar-refractivity contribution is -0.0495. The van der Waals surface area contributed by atoms with Crippen molar-refractivity contribution in [3.63, 3.8) is 0 Å². The van der Waals surface area contributed by atoms with Crippen molar-refractivity contribution in [2.75, 3.05) is 12.8 Å². The van der Waals surface area contributed by atoms with E-state index in [4.69, 9.17) is 5.73 Å². The summed E-state index contributed by atoms with van der Waals surface area (Å²) in [5.41, 5.74) is 5.43. The number of nitrogen functional groups attached to an aromatic ring is 1. The Hall–Kier alpha value is -1.50. The van der Waals surface area contributed by atoms with Crippen molar-refractivity contribution in [1.82, 2.24) is 0 Å². The summed E-state index contributed by atoms with van der Waals surface area (Å²) in [4.78, 5) is 11.3. The summed E-state index contributed by atoms with van der Waals surface area (Å²) in [5, 5.41) is 0. The summed E-state index contributed by atoms with van der Waals surface area (Å²) in [5.74, 6) is -0.989. The van der Waals surface area contributed by atoms with Crippen molar-refractivity contribution in [1.29, 1.82) is 0 Å². The molecule has 0 amide bonds. The van der Waals surface area contributed by atoms with Gasteiger partial charge in [-0.15, -0.1) is 12.6 Å². The van der Waals surface area contributed by atoms with Crippen molar-refractivity contribution in [2.45, 2.75) is 11.5 Å². The number of benzene rings is 1. The monoisotopic (exact) mass is 249 g/mol. The smallest absolute Gasteiger partial charge is 0.387 e. The molecule has 0 unspecified atom stereocenters. The number of alkyl halides is 2. The fraction of sp³-hybridized carbons (Fsp3) is 0.222. The Bertz CT molecular complexity index is 412. The van der Waals surface area contributed by atoms with Crippen molar-refractivity contribution < 1.29 is 23.0 Å². The highest BCUT2D eigenvalue weighted by atomic mass is 32.1. The maximum Gasteiger partial charge on any atom is 0.387 e. The van der Waals surface area contributed by atoms with E-state index in [2.05, 4.69) is 22.1 Å². The predicted molar refractivity (Wildman–Crippen MR) is 56.1 cm³/mol. The minimum Gasteiger partial charge on any atom is -0.465 e. The van der Waals surface area contributed by atoms with Gasteiger partial charge in [-0.1, -0.05) is 0 Å². The van der Waals surface area contributed by atoms with Crippen molar-refractivity contribution in [3.05, 3.63) is 17.7 Å². The molecule has 0 saturated carbocycles. The average Bonchev–Trinajstić information content (AvgIpc) is 2.22. The van der Waals surface area contributed by atoms with Crippen LogP contribution in [0.4, 0.5) is 14.5 Å². The molecular weight excluding hydrogens is 240 g/mol. The highest BCUT2D eigenvalue weighted by Gasteiger charge is 2.15. The summed E-state index contributed by atoms with van der Waals surface area (Å²) in [7, 11) is 1.17. The molecule has 1 rings (SSSR count). The van der Waals surface area contributed by atoms with Crippen molar-refractivity contribution in [3.8, 4) is 5.75 Å². The molecule has 2 N–H and O–H groups in total. The van der Waals surface area contributed by atoms with Gasteiger partial charge in [-0.25, -0.2) is 4.79 Å². The molecule has 4 nitrogen and oxygen atoms in total. The van der Waals surface area contributed by atoms with Crippen molar-refractivity contribution >= 4 is 24.3 Å². The first-order valence-electron chi connectivity index (χ1n) is 4.11. The second-order valence-electron chi connectivity index (χ2n) is 2.78. The number of rotatable bonds is 3. The summed E-state index contributed by atoms with van der Waals surface area (Å²) in [6.07, 6.45) is 0. The fourth-order valence-corrected chi connectivity index (χ4v) is 1.29. The number of carbonyl (C=O) groups is 1. The molecule has 0 atom stereocenters. The van der Waals surface area contributed by atoms with E-state index in [0.29, 0.717) is 0 Å². The van der Waals surface area contributed by atoms with E-state index in [-0.39, 0.29) is 21.9 Å². The van der Waals surface area contributed by atoms with Gasteiger partial charge in [-0.2, -0.15) is 8.78 Å². The lowest BCUT2D eigenvalue weighted by Gasteiger charge is -2.11. The Morgan fingerprint density at radius 1 is 1.50 bits per heavy atom. The Kier molecular flexibility index (Phi) is 3.94. The van der Waals surface area contributed by atoms with E-state index in [1.165, 1.54) is 13.2 Å². The van der Waals surface area contributed by atoms with Crippen LogP contribution in [0.15, 0.2) is 17.0 Å². The van der Waals surface area contributed by atoms with Gasteiger partial charge in [-0.05, 0) is 12.1 Å². The van der Waals surface area contributed by atoms with E-state index in [1.807, 2.05) is 0 Å². The van der Waals surface area contributed by atoms with Crippen molar-refractivity contribution in [2.24, 2.45) is 0 Å². The van der Waals surface area contributed by atoms with Gasteiger partial charge < -0.3 is 15.2 Å². The minimum atomic E-state index is -3.03. The molecule has 0 aromatic heterocycles. The zero-order valence-corrected chi connectivity index (χ0v) is 9.13. The van der Waals surface area contributed by atoms with Gasteiger partial charge in [-0.3, -0.25) is 0 Å². The molecule has 0 aliphatic rings. The fourth-order valence-electron chi connectivity index (χ4n) is 1.04. The Labute approximate surface area is 95.7 Å². The maximum absolute atomic E-state index is 12.0. The third-order valence-corrected chi connectivity index (χ3v) is 2.13. The molecule has 0 bridgehead atoms. The largest absolute Gasteiger partial charge is 0.465 e. The average molecular weight is 249 g/mol. The van der Waals surface area contributed by atoms with Gasteiger partial charge in [0.2, 0.25) is 0 Å². The quantitative estimate of drug-likeness (QED) is 0.488. The van der Waals surface area contributed by atoms with E-state index >= 15 is 0 Å². The number of hydrogen-bond acceptors (Lipinski definition) is 5. The van der Waals surface area contributed by atoms with Gasteiger partial charge in [0.05, 0.1) is 18.4 Å². The molecule has 0 aliphatic carbocycles. The van der Waals surface area contributed by atoms with E-state index < -0.39 is 12.6 Å². The summed E-state index contributed by atoms with van der Waals surface area (Å²) in [6, 6.07) is 2.38. The first-order chi connectivity index (χ1) is 7.45. The highest BCUT2D eigenvalue weighted by Crippen LogP contribution is 2.31. The molecule has 88 valence electrons. The molecule has 0 fully saturated rings. The lowest BCUT2D eigenvalue weighted by Crippen LogP contribution is -2.08. The number of nitrogens with two attached hydrogens (primary N) is 1. The van der Waals surface area contributed by atoms with Gasteiger partial charge in [0.1, 0.15) is 0 Å². The lowest BCUT2D eigenvalue weighted by atomic mass is 10.2.